The van der Waals surface area contributed by atoms with Crippen molar-refractivity contribution in [2.24, 2.45) is 0 Å². The third-order valence-corrected chi connectivity index (χ3v) is 6.30. The van der Waals surface area contributed by atoms with Crippen LogP contribution in [0.15, 0.2) is 115 Å². The first-order valence-electron chi connectivity index (χ1n) is 12.1. The molecule has 5 rings (SSSR count). The third kappa shape index (κ3) is 5.32. The molecule has 0 radical (unpaired) electrons. The molecule has 0 spiro atoms. The summed E-state index contributed by atoms with van der Waals surface area (Å²) in [7, 11) is 0. The molecule has 0 unspecified atom stereocenters. The van der Waals surface area contributed by atoms with Crippen molar-refractivity contribution >= 4 is 5.69 Å². The Labute approximate surface area is 212 Å². The van der Waals surface area contributed by atoms with Gasteiger partial charge in [0.05, 0.1) is 12.3 Å². The van der Waals surface area contributed by atoms with Crippen LogP contribution in [0.3, 0.4) is 0 Å². The fourth-order valence-electron chi connectivity index (χ4n) is 4.42. The largest absolute Gasteiger partial charge is 0.487 e. The molecule has 3 N–H and O–H groups in total. The number of hydrogen-bond donors (Lipinski definition) is 2. The summed E-state index contributed by atoms with van der Waals surface area (Å²) in [4.78, 5) is 0. The van der Waals surface area contributed by atoms with E-state index >= 15 is 0 Å². The van der Waals surface area contributed by atoms with Gasteiger partial charge in [0.15, 0.2) is 0 Å². The molecule has 0 atom stereocenters. The zero-order valence-corrected chi connectivity index (χ0v) is 20.3. The number of anilines is 1. The molecular weight excluding hydrogens is 442 g/mol. The van der Waals surface area contributed by atoms with Gasteiger partial charge in [-0.15, -0.1) is 0 Å². The van der Waals surface area contributed by atoms with Crippen LogP contribution in [0.1, 0.15) is 16.7 Å². The number of ether oxygens (including phenoxy) is 1. The van der Waals surface area contributed by atoms with Gasteiger partial charge in [-0.3, -0.25) is 0 Å². The first kappa shape index (κ1) is 23.4. The van der Waals surface area contributed by atoms with Crippen molar-refractivity contribution in [2.45, 2.75) is 20.1 Å². The van der Waals surface area contributed by atoms with E-state index in [1.54, 1.807) is 0 Å². The molecule has 3 heteroatoms. The van der Waals surface area contributed by atoms with Crippen LogP contribution >= 0.6 is 0 Å². The molecule has 0 amide bonds. The Bertz CT molecular complexity index is 1510. The molecule has 0 bridgehead atoms. The lowest BCUT2D eigenvalue weighted by Crippen LogP contribution is -1.98. The number of aliphatic hydroxyl groups excluding tert-OH is 1. The molecule has 0 aromatic heterocycles. The van der Waals surface area contributed by atoms with E-state index in [1.165, 1.54) is 11.1 Å². The quantitative estimate of drug-likeness (QED) is 0.240. The van der Waals surface area contributed by atoms with Crippen LogP contribution in [0.2, 0.25) is 0 Å². The minimum Gasteiger partial charge on any atom is -0.487 e. The number of aryl methyl sites for hydroxylation is 1. The molecule has 0 heterocycles. The van der Waals surface area contributed by atoms with Gasteiger partial charge >= 0.3 is 0 Å². The second-order valence-electron chi connectivity index (χ2n) is 9.05. The van der Waals surface area contributed by atoms with Gasteiger partial charge in [-0.2, -0.15) is 0 Å². The molecular formula is C33H29NO2. The van der Waals surface area contributed by atoms with E-state index in [9.17, 15) is 5.11 Å². The van der Waals surface area contributed by atoms with Gasteiger partial charge < -0.3 is 15.6 Å². The summed E-state index contributed by atoms with van der Waals surface area (Å²) >= 11 is 0. The van der Waals surface area contributed by atoms with Crippen molar-refractivity contribution in [3.8, 4) is 39.1 Å². The maximum Gasteiger partial charge on any atom is 0.142 e. The number of nitrogens with two attached hydrogens (primary N) is 1. The highest BCUT2D eigenvalue weighted by Gasteiger charge is 2.09. The zero-order valence-electron chi connectivity index (χ0n) is 20.3. The number of para-hydroxylation sites is 2. The standard InChI is InChI=1S/C33H29NO2/c1-23-7-4-10-26(15-23)29-18-30(27-11-5-8-24(16-27)21-35)20-31(19-29)28-12-6-9-25(17-28)22-36-33-14-3-2-13-32(33)34/h2-20,35H,21-22,34H2,1H3. The SMILES string of the molecule is Cc1cccc(-c2cc(-c3cccc(CO)c3)cc(-c3cccc(COc4ccccc4N)c3)c2)c1. The van der Waals surface area contributed by atoms with Gasteiger partial charge in [0.1, 0.15) is 12.4 Å². The Morgan fingerprint density at radius 1 is 0.583 bits per heavy atom. The number of aliphatic hydroxyl groups is 1. The lowest BCUT2D eigenvalue weighted by atomic mass is 9.92. The van der Waals surface area contributed by atoms with Crippen LogP contribution in [-0.4, -0.2) is 5.11 Å². The minimum atomic E-state index is 0.0201. The lowest BCUT2D eigenvalue weighted by molar-refractivity contribution is 0.282. The number of hydrogen-bond acceptors (Lipinski definition) is 3. The van der Waals surface area contributed by atoms with E-state index in [4.69, 9.17) is 10.5 Å². The predicted molar refractivity (Wildman–Crippen MR) is 149 cm³/mol. The second-order valence-corrected chi connectivity index (χ2v) is 9.05. The van der Waals surface area contributed by atoms with E-state index in [1.807, 2.05) is 42.5 Å². The monoisotopic (exact) mass is 471 g/mol. The van der Waals surface area contributed by atoms with E-state index in [0.717, 1.165) is 38.9 Å². The topological polar surface area (TPSA) is 55.5 Å². The first-order valence-corrected chi connectivity index (χ1v) is 12.1. The molecule has 5 aromatic carbocycles. The van der Waals surface area contributed by atoms with Crippen LogP contribution in [0, 0.1) is 6.92 Å². The smallest absolute Gasteiger partial charge is 0.142 e. The zero-order chi connectivity index (χ0) is 24.9. The van der Waals surface area contributed by atoms with E-state index in [0.29, 0.717) is 18.0 Å². The summed E-state index contributed by atoms with van der Waals surface area (Å²) in [6.45, 7) is 2.57. The summed E-state index contributed by atoms with van der Waals surface area (Å²) in [6.07, 6.45) is 0. The van der Waals surface area contributed by atoms with Gasteiger partial charge in [0, 0.05) is 0 Å². The van der Waals surface area contributed by atoms with E-state index in [2.05, 4.69) is 79.7 Å². The molecule has 178 valence electrons. The van der Waals surface area contributed by atoms with E-state index in [-0.39, 0.29) is 6.61 Å². The average molecular weight is 472 g/mol. The lowest BCUT2D eigenvalue weighted by Gasteiger charge is -2.14. The molecule has 0 aliphatic carbocycles. The number of rotatable bonds is 7. The number of benzene rings is 5. The highest BCUT2D eigenvalue weighted by atomic mass is 16.5. The van der Waals surface area contributed by atoms with Crippen LogP contribution in [0.25, 0.3) is 33.4 Å². The van der Waals surface area contributed by atoms with Crippen molar-refractivity contribution in [1.82, 2.24) is 0 Å². The highest BCUT2D eigenvalue weighted by molar-refractivity contribution is 5.81. The summed E-state index contributed by atoms with van der Waals surface area (Å²) in [5.41, 5.74) is 16.6. The maximum absolute atomic E-state index is 9.67. The Morgan fingerprint density at radius 2 is 1.14 bits per heavy atom. The summed E-state index contributed by atoms with van der Waals surface area (Å²) in [5, 5.41) is 9.67. The molecule has 0 fully saturated rings. The van der Waals surface area contributed by atoms with E-state index < -0.39 is 0 Å². The van der Waals surface area contributed by atoms with Gasteiger partial charge in [-0.25, -0.2) is 0 Å². The minimum absolute atomic E-state index is 0.0201. The highest BCUT2D eigenvalue weighted by Crippen LogP contribution is 2.34. The Morgan fingerprint density at radius 3 is 1.75 bits per heavy atom. The van der Waals surface area contributed by atoms with Crippen LogP contribution < -0.4 is 10.5 Å². The average Bonchev–Trinajstić information content (AvgIpc) is 2.92. The normalized spacial score (nSPS) is 10.8. The Kier molecular flexibility index (Phi) is 6.83. The fraction of sp³-hybridized carbons (Fsp3) is 0.0909. The fourth-order valence-corrected chi connectivity index (χ4v) is 4.42. The molecule has 0 aliphatic rings. The summed E-state index contributed by atoms with van der Waals surface area (Å²) < 4.78 is 5.99. The third-order valence-electron chi connectivity index (χ3n) is 6.30. The predicted octanol–water partition coefficient (Wildman–Crippen LogP) is 7.65. The number of nitrogen functional groups attached to an aromatic ring is 1. The van der Waals surface area contributed by atoms with Gasteiger partial charge in [0.2, 0.25) is 0 Å². The van der Waals surface area contributed by atoms with Gasteiger partial charge in [0.25, 0.3) is 0 Å². The molecule has 0 saturated heterocycles. The van der Waals surface area contributed by atoms with Crippen molar-refractivity contribution in [3.05, 3.63) is 132 Å². The molecule has 5 aromatic rings. The van der Waals surface area contributed by atoms with Crippen molar-refractivity contribution in [1.29, 1.82) is 0 Å². The summed E-state index contributed by atoms with van der Waals surface area (Å²) in [6, 6.07) is 39.3. The first-order chi connectivity index (χ1) is 17.6. The van der Waals surface area contributed by atoms with Crippen LogP contribution in [0.5, 0.6) is 5.75 Å². The molecule has 36 heavy (non-hydrogen) atoms. The maximum atomic E-state index is 9.67. The van der Waals surface area contributed by atoms with Crippen molar-refractivity contribution in [3.63, 3.8) is 0 Å². The molecule has 3 nitrogen and oxygen atoms in total. The van der Waals surface area contributed by atoms with Crippen LogP contribution in [-0.2, 0) is 13.2 Å². The van der Waals surface area contributed by atoms with Crippen molar-refractivity contribution < 1.29 is 9.84 Å². The van der Waals surface area contributed by atoms with Gasteiger partial charge in [-0.05, 0) is 93.9 Å². The van der Waals surface area contributed by atoms with Crippen LogP contribution in [0.4, 0.5) is 5.69 Å². The Balaban J connectivity index is 1.55. The molecule has 0 aliphatic heterocycles. The van der Waals surface area contributed by atoms with Gasteiger partial charge in [-0.1, -0.05) is 78.4 Å². The van der Waals surface area contributed by atoms with Crippen molar-refractivity contribution in [2.75, 3.05) is 5.73 Å². The second kappa shape index (κ2) is 10.5. The molecule has 0 saturated carbocycles. The summed E-state index contributed by atoms with van der Waals surface area (Å²) in [5.74, 6) is 0.690. The Hall–Kier alpha value is -4.34.